The van der Waals surface area contributed by atoms with E-state index >= 15 is 0 Å². The van der Waals surface area contributed by atoms with Gasteiger partial charge in [-0.2, -0.15) is 0 Å². The summed E-state index contributed by atoms with van der Waals surface area (Å²) < 4.78 is 3.18. The second kappa shape index (κ2) is 16.0. The molecule has 6 aromatic rings. The van der Waals surface area contributed by atoms with Crippen LogP contribution in [0.4, 0.5) is 0 Å². The van der Waals surface area contributed by atoms with E-state index in [1.165, 1.54) is 4.57 Å². The number of fused-ring (bicyclic) bond motifs is 4. The molecule has 0 aliphatic carbocycles. The molecule has 2 aromatic heterocycles. The molecule has 8 nitrogen and oxygen atoms in total. The van der Waals surface area contributed by atoms with Gasteiger partial charge in [-0.15, -0.1) is 12.0 Å². The van der Waals surface area contributed by atoms with E-state index in [0.717, 1.165) is 0 Å². The van der Waals surface area contributed by atoms with Gasteiger partial charge in [0.05, 0.1) is 43.2 Å². The summed E-state index contributed by atoms with van der Waals surface area (Å²) in [5.74, 6) is 3.81. The lowest BCUT2D eigenvalue weighted by atomic mass is 10.1. The Kier molecular flexibility index (Phi) is 11.8. The number of terminal acetylenes is 1. The minimum absolute atomic E-state index is 0.142. The third-order valence-corrected chi connectivity index (χ3v) is 17.1. The summed E-state index contributed by atoms with van der Waals surface area (Å²) in [4.78, 5) is 48.9. The summed E-state index contributed by atoms with van der Waals surface area (Å²) in [5, 5.41) is 21.3. The normalized spacial score (nSPS) is 11.5. The number of aromatic nitrogens is 2. The molecule has 2 N–H and O–H groups in total. The van der Waals surface area contributed by atoms with Gasteiger partial charge in [0.1, 0.15) is 21.2 Å². The number of aliphatic carboxylic acids is 2. The highest BCUT2D eigenvalue weighted by atomic mass is 35.5. The highest BCUT2D eigenvalue weighted by molar-refractivity contribution is 6.90. The van der Waals surface area contributed by atoms with Gasteiger partial charge in [0, 0.05) is 21.5 Å². The van der Waals surface area contributed by atoms with Crippen LogP contribution in [-0.4, -0.2) is 39.4 Å². The quantitative estimate of drug-likeness (QED) is 0.0948. The lowest BCUT2D eigenvalue weighted by Crippen LogP contribution is -2.43. The van der Waals surface area contributed by atoms with E-state index in [4.69, 9.17) is 29.6 Å². The average Bonchev–Trinajstić information content (AvgIpc) is 3.12. The summed E-state index contributed by atoms with van der Waals surface area (Å²) in [5.41, 5.74) is 7.45. The highest BCUT2D eigenvalue weighted by Crippen LogP contribution is 2.41. The zero-order valence-corrected chi connectivity index (χ0v) is 33.3. The third-order valence-electron chi connectivity index (χ3n) is 10.2. The topological polar surface area (TPSA) is 119 Å². The number of hydrogen-bond donors (Lipinski definition) is 2. The Balaban J connectivity index is 0.000000222. The Morgan fingerprint density at radius 2 is 1.04 bits per heavy atom. The molecule has 4 aromatic carbocycles. The molecule has 0 spiro atoms. The lowest BCUT2D eigenvalue weighted by Gasteiger charge is -2.38. The second-order valence-corrected chi connectivity index (χ2v) is 20.5. The van der Waals surface area contributed by atoms with E-state index in [2.05, 4.69) is 58.9 Å². The van der Waals surface area contributed by atoms with Gasteiger partial charge in [-0.1, -0.05) is 101 Å². The molecule has 54 heavy (non-hydrogen) atoms. The maximum absolute atomic E-state index is 13.3. The number of benzene rings is 4. The van der Waals surface area contributed by atoms with Gasteiger partial charge in [-0.05, 0) is 65.2 Å². The van der Waals surface area contributed by atoms with Gasteiger partial charge in [0.25, 0.3) is 0 Å². The summed E-state index contributed by atoms with van der Waals surface area (Å²) in [6.07, 6.45) is 5.51. The van der Waals surface area contributed by atoms with Crippen LogP contribution in [0, 0.1) is 23.8 Å². The molecule has 0 atom stereocenters. The number of nitrogens with zero attached hydrogens (tertiary/aromatic N) is 2. The van der Waals surface area contributed by atoms with Crippen LogP contribution in [0.3, 0.4) is 0 Å². The van der Waals surface area contributed by atoms with Gasteiger partial charge in [-0.3, -0.25) is 19.2 Å². The summed E-state index contributed by atoms with van der Waals surface area (Å²) >= 11 is 12.7. The van der Waals surface area contributed by atoms with Crippen LogP contribution < -0.4 is 10.9 Å². The maximum Gasteiger partial charge on any atom is 0.323 e. The molecular formula is C43H40Cl2N2O6Si. The third kappa shape index (κ3) is 7.15. The van der Waals surface area contributed by atoms with Crippen molar-refractivity contribution in [1.29, 1.82) is 0 Å². The van der Waals surface area contributed by atoms with Gasteiger partial charge >= 0.3 is 11.9 Å². The van der Waals surface area contributed by atoms with Crippen LogP contribution in [0.2, 0.25) is 26.7 Å². The minimum atomic E-state index is -2.06. The largest absolute Gasteiger partial charge is 0.480 e. The number of halogens is 2. The van der Waals surface area contributed by atoms with Crippen LogP contribution >= 0.6 is 23.2 Å². The number of carbonyl (C=O) groups is 2. The van der Waals surface area contributed by atoms with Crippen LogP contribution in [0.25, 0.3) is 43.6 Å². The van der Waals surface area contributed by atoms with E-state index in [-0.39, 0.29) is 23.9 Å². The van der Waals surface area contributed by atoms with Gasteiger partial charge in [0.2, 0.25) is 0 Å². The molecule has 0 unspecified atom stereocenters. The van der Waals surface area contributed by atoms with Crippen molar-refractivity contribution in [3.05, 3.63) is 114 Å². The van der Waals surface area contributed by atoms with E-state index in [1.54, 1.807) is 77.4 Å². The van der Waals surface area contributed by atoms with Gasteiger partial charge in [0.15, 0.2) is 10.9 Å². The zero-order chi connectivity index (χ0) is 39.6. The number of para-hydroxylation sites is 2. The molecule has 0 aliphatic heterocycles. The smallest absolute Gasteiger partial charge is 0.323 e. The Morgan fingerprint density at radius 3 is 1.43 bits per heavy atom. The summed E-state index contributed by atoms with van der Waals surface area (Å²) in [7, 11) is -2.06. The van der Waals surface area contributed by atoms with Crippen molar-refractivity contribution in [2.75, 3.05) is 0 Å². The van der Waals surface area contributed by atoms with Crippen LogP contribution in [0.5, 0.6) is 0 Å². The molecule has 0 saturated heterocycles. The predicted octanol–water partition coefficient (Wildman–Crippen LogP) is 9.34. The Labute approximate surface area is 324 Å². The molecule has 0 saturated carbocycles. The van der Waals surface area contributed by atoms with Crippen molar-refractivity contribution in [3.8, 4) is 23.8 Å². The summed E-state index contributed by atoms with van der Waals surface area (Å²) in [6.45, 7) is 12.8. The Hall–Kier alpha value is -5.32. The Bertz CT molecular complexity index is 2690. The average molecular weight is 780 g/mol. The molecule has 6 rings (SSSR count). The van der Waals surface area contributed by atoms with Crippen molar-refractivity contribution in [1.82, 2.24) is 9.13 Å². The van der Waals surface area contributed by atoms with Crippen LogP contribution in [0.15, 0.2) is 82.4 Å². The number of carboxylic acid groups (broad SMARTS) is 2. The number of pyridine rings is 2. The molecule has 0 amide bonds. The number of rotatable bonds is 7. The van der Waals surface area contributed by atoms with Crippen molar-refractivity contribution in [2.45, 2.75) is 71.3 Å². The first kappa shape index (κ1) is 39.9. The number of carboxylic acids is 2. The fraction of sp³-hybridized carbons (Fsp3) is 0.256. The van der Waals surface area contributed by atoms with Gasteiger partial charge < -0.3 is 19.3 Å². The van der Waals surface area contributed by atoms with Crippen molar-refractivity contribution >= 4 is 86.8 Å². The molecule has 0 aliphatic rings. The number of hydrogen-bond acceptors (Lipinski definition) is 4. The standard InChI is InChI=1S/C26H30ClNO3Si.C17H10ClNO3/c1-16(2)32(17(3)4,18(5)6)14-13-19-22(27)12-11-21-25(19)28(15-24(29)30)23-10-8-7-9-20(23)26(21)31;1-2-10-13(18)8-7-12-16(10)19(9-15(20)21)14-6-4-3-5-11(14)17(12)22/h7-12,16-18H,15H2,1-6H3,(H,29,30);1,3-8H,9H2,(H,20,21). The second-order valence-electron chi connectivity index (χ2n) is 14.1. The zero-order valence-electron chi connectivity index (χ0n) is 30.8. The van der Waals surface area contributed by atoms with Crippen LogP contribution in [0.1, 0.15) is 52.7 Å². The molecule has 11 heteroatoms. The molecule has 0 radical (unpaired) electrons. The lowest BCUT2D eigenvalue weighted by molar-refractivity contribution is -0.138. The van der Waals surface area contributed by atoms with Crippen molar-refractivity contribution in [3.63, 3.8) is 0 Å². The predicted molar refractivity (Wildman–Crippen MR) is 223 cm³/mol. The fourth-order valence-corrected chi connectivity index (χ4v) is 13.5. The molecule has 0 bridgehead atoms. The maximum atomic E-state index is 13.3. The highest BCUT2D eigenvalue weighted by Gasteiger charge is 2.41. The van der Waals surface area contributed by atoms with Gasteiger partial charge in [-0.25, -0.2) is 0 Å². The fourth-order valence-electron chi connectivity index (χ4n) is 7.85. The van der Waals surface area contributed by atoms with Crippen molar-refractivity contribution < 1.29 is 19.8 Å². The Morgan fingerprint density at radius 1 is 0.648 bits per heavy atom. The first-order valence-electron chi connectivity index (χ1n) is 17.5. The van der Waals surface area contributed by atoms with E-state index in [9.17, 15) is 29.4 Å². The van der Waals surface area contributed by atoms with E-state index in [0.29, 0.717) is 81.4 Å². The first-order chi connectivity index (χ1) is 25.6. The SMILES string of the molecule is C#Cc1c(Cl)ccc2c(=O)c3ccccc3n(CC(=O)O)c12.CC(C)[Si](C#Cc1c(Cl)ccc2c(=O)c3ccccc3n(CC(=O)O)c12)(C(C)C)C(C)C. The summed E-state index contributed by atoms with van der Waals surface area (Å²) in [6, 6.07) is 20.4. The van der Waals surface area contributed by atoms with E-state index < -0.39 is 20.0 Å². The van der Waals surface area contributed by atoms with Crippen LogP contribution in [-0.2, 0) is 22.7 Å². The molecule has 2 heterocycles. The molecule has 0 fully saturated rings. The first-order valence-corrected chi connectivity index (χ1v) is 20.5. The van der Waals surface area contributed by atoms with Crippen molar-refractivity contribution in [2.24, 2.45) is 0 Å². The monoisotopic (exact) mass is 778 g/mol. The molecular weight excluding hydrogens is 739 g/mol. The van der Waals surface area contributed by atoms with E-state index in [1.807, 2.05) is 0 Å². The molecule has 276 valence electrons. The minimum Gasteiger partial charge on any atom is -0.480 e.